The monoisotopic (exact) mass is 297 g/mol. The number of aromatic amines is 1. The van der Waals surface area contributed by atoms with E-state index in [9.17, 15) is 9.59 Å². The lowest BCUT2D eigenvalue weighted by molar-refractivity contribution is -0.117. The van der Waals surface area contributed by atoms with Gasteiger partial charge in [0.2, 0.25) is 0 Å². The normalized spacial score (nSPS) is 10.9. The number of rotatable bonds is 4. The van der Waals surface area contributed by atoms with Crippen LogP contribution in [0.1, 0.15) is 41.4 Å². The largest absolute Gasteiger partial charge is 0.357 e. The molecule has 2 rings (SSSR count). The summed E-state index contributed by atoms with van der Waals surface area (Å²) in [6, 6.07) is 11.3. The molecule has 0 radical (unpaired) electrons. The summed E-state index contributed by atoms with van der Waals surface area (Å²) < 4.78 is 0. The summed E-state index contributed by atoms with van der Waals surface area (Å²) in [5.74, 6) is -0.314. The average molecular weight is 297 g/mol. The first kappa shape index (κ1) is 15.6. The maximum atomic E-state index is 11.6. The molecule has 0 aliphatic heterocycles. The lowest BCUT2D eigenvalue weighted by atomic mass is 10.0. The number of carbonyl (C=O) groups excluding carboxylic acids is 2. The van der Waals surface area contributed by atoms with Crippen LogP contribution in [0.5, 0.6) is 0 Å². The molecular weight excluding hydrogens is 278 g/mol. The SMILES string of the molecule is CC(C)c1ccc(/C=C/C(=O)NNC(=O)c2ccc[nH]2)cc1. The Kier molecular flexibility index (Phi) is 5.14. The van der Waals surface area contributed by atoms with Crippen molar-refractivity contribution < 1.29 is 9.59 Å². The Morgan fingerprint density at radius 3 is 2.41 bits per heavy atom. The molecule has 2 aromatic rings. The van der Waals surface area contributed by atoms with E-state index in [2.05, 4.69) is 29.7 Å². The smallest absolute Gasteiger partial charge is 0.286 e. The van der Waals surface area contributed by atoms with Crippen LogP contribution in [-0.4, -0.2) is 16.8 Å². The summed E-state index contributed by atoms with van der Waals surface area (Å²) in [6.45, 7) is 4.26. The summed E-state index contributed by atoms with van der Waals surface area (Å²) in [5, 5.41) is 0. The summed E-state index contributed by atoms with van der Waals surface area (Å²) >= 11 is 0. The van der Waals surface area contributed by atoms with Crippen LogP contribution >= 0.6 is 0 Å². The van der Waals surface area contributed by atoms with Gasteiger partial charge in [0, 0.05) is 12.3 Å². The van der Waals surface area contributed by atoms with Crippen molar-refractivity contribution in [2.75, 3.05) is 0 Å². The van der Waals surface area contributed by atoms with E-state index < -0.39 is 11.8 Å². The number of aromatic nitrogens is 1. The first-order valence-corrected chi connectivity index (χ1v) is 7.08. The molecule has 0 saturated heterocycles. The third-order valence-corrected chi connectivity index (χ3v) is 3.17. The summed E-state index contributed by atoms with van der Waals surface area (Å²) in [5.41, 5.74) is 7.21. The van der Waals surface area contributed by atoms with Crippen molar-refractivity contribution in [3.8, 4) is 0 Å². The zero-order valence-corrected chi connectivity index (χ0v) is 12.6. The third kappa shape index (κ3) is 4.34. The van der Waals surface area contributed by atoms with E-state index in [1.54, 1.807) is 24.4 Å². The van der Waals surface area contributed by atoms with Gasteiger partial charge in [-0.3, -0.25) is 20.4 Å². The molecule has 0 unspecified atom stereocenters. The van der Waals surface area contributed by atoms with Crippen molar-refractivity contribution >= 4 is 17.9 Å². The van der Waals surface area contributed by atoms with E-state index in [0.29, 0.717) is 11.6 Å². The van der Waals surface area contributed by atoms with Gasteiger partial charge in [-0.05, 0) is 35.3 Å². The van der Waals surface area contributed by atoms with Gasteiger partial charge in [-0.2, -0.15) is 0 Å². The zero-order chi connectivity index (χ0) is 15.9. The first-order valence-electron chi connectivity index (χ1n) is 7.08. The highest BCUT2D eigenvalue weighted by atomic mass is 16.2. The van der Waals surface area contributed by atoms with E-state index in [1.807, 2.05) is 24.3 Å². The van der Waals surface area contributed by atoms with E-state index in [0.717, 1.165) is 5.56 Å². The third-order valence-electron chi connectivity index (χ3n) is 3.17. The molecule has 5 nitrogen and oxygen atoms in total. The summed E-state index contributed by atoms with van der Waals surface area (Å²) in [6.07, 6.45) is 4.71. The lowest BCUT2D eigenvalue weighted by Gasteiger charge is -2.05. The lowest BCUT2D eigenvalue weighted by Crippen LogP contribution is -2.40. The van der Waals surface area contributed by atoms with Gasteiger partial charge in [-0.15, -0.1) is 0 Å². The standard InChI is InChI=1S/C17H19N3O2/c1-12(2)14-8-5-13(6-9-14)7-10-16(21)19-20-17(22)15-4-3-11-18-15/h3-12,18H,1-2H3,(H,19,21)(H,20,22)/b10-7+. The highest BCUT2D eigenvalue weighted by Crippen LogP contribution is 2.15. The van der Waals surface area contributed by atoms with Crippen LogP contribution in [0.15, 0.2) is 48.7 Å². The van der Waals surface area contributed by atoms with Crippen molar-refractivity contribution in [2.45, 2.75) is 19.8 Å². The van der Waals surface area contributed by atoms with Crippen LogP contribution in [-0.2, 0) is 4.79 Å². The molecule has 0 spiro atoms. The highest BCUT2D eigenvalue weighted by molar-refractivity contribution is 5.96. The fourth-order valence-electron chi connectivity index (χ4n) is 1.86. The minimum Gasteiger partial charge on any atom is -0.357 e. The molecule has 0 aliphatic carbocycles. The van der Waals surface area contributed by atoms with Gasteiger partial charge in [-0.25, -0.2) is 0 Å². The quantitative estimate of drug-likeness (QED) is 0.599. The molecule has 2 amide bonds. The highest BCUT2D eigenvalue weighted by Gasteiger charge is 2.05. The van der Waals surface area contributed by atoms with E-state index in [4.69, 9.17) is 0 Å². The molecule has 1 heterocycles. The second kappa shape index (κ2) is 7.26. The van der Waals surface area contributed by atoms with Crippen molar-refractivity contribution in [1.82, 2.24) is 15.8 Å². The fraction of sp³-hybridized carbons (Fsp3) is 0.176. The molecule has 0 fully saturated rings. The molecule has 22 heavy (non-hydrogen) atoms. The molecule has 0 aliphatic rings. The Labute approximate surface area is 129 Å². The van der Waals surface area contributed by atoms with Crippen molar-refractivity contribution in [3.05, 3.63) is 65.5 Å². The van der Waals surface area contributed by atoms with Crippen LogP contribution < -0.4 is 10.9 Å². The zero-order valence-electron chi connectivity index (χ0n) is 12.6. The molecule has 1 aromatic carbocycles. The van der Waals surface area contributed by atoms with Crippen molar-refractivity contribution in [3.63, 3.8) is 0 Å². The van der Waals surface area contributed by atoms with Crippen LogP contribution in [0.3, 0.4) is 0 Å². The van der Waals surface area contributed by atoms with Crippen LogP contribution in [0.4, 0.5) is 0 Å². The number of benzene rings is 1. The Morgan fingerprint density at radius 1 is 1.09 bits per heavy atom. The minimum absolute atomic E-state index is 0.383. The predicted octanol–water partition coefficient (Wildman–Crippen LogP) is 2.61. The number of hydrogen-bond donors (Lipinski definition) is 3. The Hall–Kier alpha value is -2.82. The minimum atomic E-state index is -0.396. The molecule has 5 heteroatoms. The maximum absolute atomic E-state index is 11.6. The van der Waals surface area contributed by atoms with Gasteiger partial charge >= 0.3 is 0 Å². The molecule has 0 saturated carbocycles. The summed E-state index contributed by atoms with van der Waals surface area (Å²) in [4.78, 5) is 26.0. The molecule has 3 N–H and O–H groups in total. The predicted molar refractivity (Wildman–Crippen MR) is 86.0 cm³/mol. The summed E-state index contributed by atoms with van der Waals surface area (Å²) in [7, 11) is 0. The van der Waals surface area contributed by atoms with Gasteiger partial charge in [0.1, 0.15) is 5.69 Å². The Balaban J connectivity index is 1.84. The van der Waals surface area contributed by atoms with Gasteiger partial charge in [0.25, 0.3) is 11.8 Å². The van der Waals surface area contributed by atoms with E-state index in [-0.39, 0.29) is 0 Å². The topological polar surface area (TPSA) is 74.0 Å². The van der Waals surface area contributed by atoms with Gasteiger partial charge in [0.15, 0.2) is 0 Å². The number of amides is 2. The number of hydrazine groups is 1. The van der Waals surface area contributed by atoms with Crippen LogP contribution in [0, 0.1) is 0 Å². The number of hydrogen-bond acceptors (Lipinski definition) is 2. The fourth-order valence-corrected chi connectivity index (χ4v) is 1.86. The number of H-pyrrole nitrogens is 1. The molecule has 0 bridgehead atoms. The molecule has 114 valence electrons. The van der Waals surface area contributed by atoms with Crippen molar-refractivity contribution in [1.29, 1.82) is 0 Å². The molecular formula is C17H19N3O2. The van der Waals surface area contributed by atoms with Gasteiger partial charge < -0.3 is 4.98 Å². The number of carbonyl (C=O) groups is 2. The maximum Gasteiger partial charge on any atom is 0.286 e. The van der Waals surface area contributed by atoms with Crippen LogP contribution in [0.2, 0.25) is 0 Å². The second-order valence-corrected chi connectivity index (χ2v) is 5.18. The van der Waals surface area contributed by atoms with Crippen LogP contribution in [0.25, 0.3) is 6.08 Å². The van der Waals surface area contributed by atoms with E-state index >= 15 is 0 Å². The second-order valence-electron chi connectivity index (χ2n) is 5.18. The average Bonchev–Trinajstić information content (AvgIpc) is 3.05. The van der Waals surface area contributed by atoms with Gasteiger partial charge in [-0.1, -0.05) is 38.1 Å². The Bertz CT molecular complexity index is 656. The Morgan fingerprint density at radius 2 is 1.82 bits per heavy atom. The number of nitrogens with one attached hydrogen (secondary N) is 3. The molecule has 0 atom stereocenters. The molecule has 1 aromatic heterocycles. The van der Waals surface area contributed by atoms with Crippen molar-refractivity contribution in [2.24, 2.45) is 0 Å². The van der Waals surface area contributed by atoms with E-state index in [1.165, 1.54) is 11.6 Å². The van der Waals surface area contributed by atoms with Gasteiger partial charge in [0.05, 0.1) is 0 Å². The first-order chi connectivity index (χ1) is 10.6.